The fraction of sp³-hybridized carbons (Fsp3) is 0.111. The van der Waals surface area contributed by atoms with Crippen LogP contribution in [0.1, 0.15) is 0 Å². The number of ether oxygens (including phenoxy) is 3. The standard InChI is InChI=1S/C18H15ClN2O3/c19-17-10-11-18(21-20-17)23-13-12-22-14-6-8-16(9-7-14)24-15-4-2-1-3-5-15/h1-11H,12-13H2. The van der Waals surface area contributed by atoms with Gasteiger partial charge in [0.1, 0.15) is 30.5 Å². The molecule has 122 valence electrons. The van der Waals surface area contributed by atoms with Crippen molar-refractivity contribution in [2.24, 2.45) is 0 Å². The Labute approximate surface area is 144 Å². The van der Waals surface area contributed by atoms with Gasteiger partial charge in [-0.05, 0) is 42.5 Å². The summed E-state index contributed by atoms with van der Waals surface area (Å²) in [6, 6.07) is 20.3. The Kier molecular flexibility index (Phi) is 5.48. The Balaban J connectivity index is 1.43. The first kappa shape index (κ1) is 16.1. The molecule has 0 spiro atoms. The Morgan fingerprint density at radius 1 is 0.667 bits per heavy atom. The van der Waals surface area contributed by atoms with E-state index in [-0.39, 0.29) is 0 Å². The van der Waals surface area contributed by atoms with Crippen molar-refractivity contribution in [1.29, 1.82) is 0 Å². The second-order valence-electron chi connectivity index (χ2n) is 4.78. The minimum absolute atomic E-state index is 0.330. The molecule has 6 heteroatoms. The van der Waals surface area contributed by atoms with Crippen molar-refractivity contribution in [1.82, 2.24) is 10.2 Å². The molecule has 0 unspecified atom stereocenters. The fourth-order valence-corrected chi connectivity index (χ4v) is 2.02. The lowest BCUT2D eigenvalue weighted by atomic mass is 10.3. The molecule has 2 aromatic carbocycles. The average Bonchev–Trinajstić information content (AvgIpc) is 2.62. The molecule has 0 atom stereocenters. The molecule has 0 radical (unpaired) electrons. The van der Waals surface area contributed by atoms with Crippen LogP contribution in [-0.2, 0) is 0 Å². The third kappa shape index (κ3) is 4.86. The third-order valence-corrected chi connectivity index (χ3v) is 3.21. The Morgan fingerprint density at radius 3 is 2.04 bits per heavy atom. The summed E-state index contributed by atoms with van der Waals surface area (Å²) in [6.07, 6.45) is 0. The lowest BCUT2D eigenvalue weighted by Gasteiger charge is -2.09. The Hall–Kier alpha value is -2.79. The number of nitrogens with zero attached hydrogens (tertiary/aromatic N) is 2. The van der Waals surface area contributed by atoms with Crippen LogP contribution in [0.15, 0.2) is 66.7 Å². The maximum Gasteiger partial charge on any atom is 0.233 e. The van der Waals surface area contributed by atoms with E-state index in [9.17, 15) is 0 Å². The SMILES string of the molecule is Clc1ccc(OCCOc2ccc(Oc3ccccc3)cc2)nn1. The molecule has 3 rings (SSSR count). The van der Waals surface area contributed by atoms with Crippen molar-refractivity contribution in [3.63, 3.8) is 0 Å². The van der Waals surface area contributed by atoms with Gasteiger partial charge in [0.25, 0.3) is 0 Å². The highest BCUT2D eigenvalue weighted by atomic mass is 35.5. The quantitative estimate of drug-likeness (QED) is 0.596. The molecule has 0 amide bonds. The largest absolute Gasteiger partial charge is 0.490 e. The van der Waals surface area contributed by atoms with Crippen LogP contribution < -0.4 is 14.2 Å². The Bertz CT molecular complexity index is 749. The number of para-hydroxylation sites is 1. The predicted octanol–water partition coefficient (Wildman–Crippen LogP) is 4.38. The van der Waals surface area contributed by atoms with Gasteiger partial charge in [-0.25, -0.2) is 0 Å². The van der Waals surface area contributed by atoms with Gasteiger partial charge in [0.15, 0.2) is 5.15 Å². The normalized spacial score (nSPS) is 10.2. The summed E-state index contributed by atoms with van der Waals surface area (Å²) in [5.41, 5.74) is 0. The van der Waals surface area contributed by atoms with Crippen LogP contribution in [0.3, 0.4) is 0 Å². The summed E-state index contributed by atoms with van der Waals surface area (Å²) in [7, 11) is 0. The molecule has 24 heavy (non-hydrogen) atoms. The first-order chi connectivity index (χ1) is 11.8. The first-order valence-corrected chi connectivity index (χ1v) is 7.75. The third-order valence-electron chi connectivity index (χ3n) is 3.01. The molecule has 0 bridgehead atoms. The number of halogens is 1. The van der Waals surface area contributed by atoms with E-state index < -0.39 is 0 Å². The number of aromatic nitrogens is 2. The molecule has 0 aliphatic heterocycles. The van der Waals surface area contributed by atoms with E-state index in [4.69, 9.17) is 25.8 Å². The zero-order valence-electron chi connectivity index (χ0n) is 12.8. The van der Waals surface area contributed by atoms with Gasteiger partial charge in [0.05, 0.1) is 0 Å². The van der Waals surface area contributed by atoms with Crippen LogP contribution in [-0.4, -0.2) is 23.4 Å². The fourth-order valence-electron chi connectivity index (χ4n) is 1.92. The van der Waals surface area contributed by atoms with Gasteiger partial charge in [-0.15, -0.1) is 10.2 Å². The van der Waals surface area contributed by atoms with Crippen LogP contribution in [0.25, 0.3) is 0 Å². The minimum atomic E-state index is 0.330. The zero-order chi connectivity index (χ0) is 16.6. The van der Waals surface area contributed by atoms with E-state index in [1.165, 1.54) is 0 Å². The molecule has 0 aliphatic carbocycles. The van der Waals surface area contributed by atoms with E-state index >= 15 is 0 Å². The summed E-state index contributed by atoms with van der Waals surface area (Å²) in [6.45, 7) is 0.752. The smallest absolute Gasteiger partial charge is 0.233 e. The average molecular weight is 343 g/mol. The predicted molar refractivity (Wildman–Crippen MR) is 91.0 cm³/mol. The van der Waals surface area contributed by atoms with E-state index in [0.717, 1.165) is 17.2 Å². The maximum atomic E-state index is 5.72. The molecule has 5 nitrogen and oxygen atoms in total. The van der Waals surface area contributed by atoms with Gasteiger partial charge in [-0.3, -0.25) is 0 Å². The molecular formula is C18H15ClN2O3. The van der Waals surface area contributed by atoms with Crippen LogP contribution in [0.5, 0.6) is 23.1 Å². The van der Waals surface area contributed by atoms with Gasteiger partial charge in [0, 0.05) is 6.07 Å². The highest BCUT2D eigenvalue weighted by Gasteiger charge is 2.00. The number of hydrogen-bond acceptors (Lipinski definition) is 5. The molecule has 3 aromatic rings. The lowest BCUT2D eigenvalue weighted by Crippen LogP contribution is -2.09. The minimum Gasteiger partial charge on any atom is -0.490 e. The summed E-state index contributed by atoms with van der Waals surface area (Å²) >= 11 is 5.65. The molecule has 0 saturated carbocycles. The van der Waals surface area contributed by atoms with Crippen molar-refractivity contribution in [2.45, 2.75) is 0 Å². The second kappa shape index (κ2) is 8.17. The van der Waals surface area contributed by atoms with E-state index in [2.05, 4.69) is 10.2 Å². The van der Waals surface area contributed by atoms with E-state index in [1.54, 1.807) is 12.1 Å². The number of hydrogen-bond donors (Lipinski definition) is 0. The van der Waals surface area contributed by atoms with Crippen LogP contribution >= 0.6 is 11.6 Å². The number of benzene rings is 2. The van der Waals surface area contributed by atoms with Crippen LogP contribution in [0.4, 0.5) is 0 Å². The van der Waals surface area contributed by atoms with Gasteiger partial charge in [0.2, 0.25) is 5.88 Å². The van der Waals surface area contributed by atoms with Gasteiger partial charge in [-0.2, -0.15) is 0 Å². The van der Waals surface area contributed by atoms with Crippen molar-refractivity contribution in [3.05, 3.63) is 71.9 Å². The maximum absolute atomic E-state index is 5.72. The lowest BCUT2D eigenvalue weighted by molar-refractivity contribution is 0.210. The second-order valence-corrected chi connectivity index (χ2v) is 5.16. The van der Waals surface area contributed by atoms with Gasteiger partial charge < -0.3 is 14.2 Å². The Morgan fingerprint density at radius 2 is 1.33 bits per heavy atom. The molecule has 0 saturated heterocycles. The summed E-state index contributed by atoms with van der Waals surface area (Å²) in [4.78, 5) is 0. The van der Waals surface area contributed by atoms with Gasteiger partial charge in [-0.1, -0.05) is 29.8 Å². The van der Waals surface area contributed by atoms with Crippen LogP contribution in [0, 0.1) is 0 Å². The summed E-state index contributed by atoms with van der Waals surface area (Å²) in [5, 5.41) is 7.82. The van der Waals surface area contributed by atoms with Gasteiger partial charge >= 0.3 is 0 Å². The van der Waals surface area contributed by atoms with E-state index in [1.807, 2.05) is 54.6 Å². The van der Waals surface area contributed by atoms with Crippen molar-refractivity contribution < 1.29 is 14.2 Å². The molecular weight excluding hydrogens is 328 g/mol. The van der Waals surface area contributed by atoms with Crippen molar-refractivity contribution >= 4 is 11.6 Å². The topological polar surface area (TPSA) is 53.5 Å². The molecule has 1 aromatic heterocycles. The van der Waals surface area contributed by atoms with E-state index in [0.29, 0.717) is 24.2 Å². The highest BCUT2D eigenvalue weighted by molar-refractivity contribution is 6.29. The summed E-state index contributed by atoms with van der Waals surface area (Å²) in [5.74, 6) is 2.70. The van der Waals surface area contributed by atoms with Crippen molar-refractivity contribution in [2.75, 3.05) is 13.2 Å². The zero-order valence-corrected chi connectivity index (χ0v) is 13.5. The molecule has 0 N–H and O–H groups in total. The monoisotopic (exact) mass is 342 g/mol. The van der Waals surface area contributed by atoms with Crippen LogP contribution in [0.2, 0.25) is 5.15 Å². The molecule has 0 fully saturated rings. The molecule has 1 heterocycles. The van der Waals surface area contributed by atoms with Crippen molar-refractivity contribution in [3.8, 4) is 23.1 Å². The first-order valence-electron chi connectivity index (χ1n) is 7.37. The highest BCUT2D eigenvalue weighted by Crippen LogP contribution is 2.23. The number of rotatable bonds is 7. The summed E-state index contributed by atoms with van der Waals surface area (Å²) < 4.78 is 16.7. The molecule has 0 aliphatic rings.